The highest BCUT2D eigenvalue weighted by molar-refractivity contribution is 5.77. The normalized spacial score (nSPS) is 15.7. The van der Waals surface area contributed by atoms with Crippen molar-refractivity contribution >= 4 is 5.91 Å². The van der Waals surface area contributed by atoms with Crippen LogP contribution < -0.4 is 10.1 Å². The fourth-order valence-corrected chi connectivity index (χ4v) is 3.15. The molecule has 1 amide bonds. The van der Waals surface area contributed by atoms with E-state index in [4.69, 9.17) is 4.74 Å². The summed E-state index contributed by atoms with van der Waals surface area (Å²) >= 11 is 0. The van der Waals surface area contributed by atoms with E-state index in [1.54, 1.807) is 0 Å². The molecule has 4 heteroatoms. The van der Waals surface area contributed by atoms with Crippen LogP contribution in [0.2, 0.25) is 0 Å². The molecule has 0 spiro atoms. The first-order valence-corrected chi connectivity index (χ1v) is 9.01. The summed E-state index contributed by atoms with van der Waals surface area (Å²) in [5.41, 5.74) is 2.31. The molecular formula is C21H26N2O2. The Bertz CT molecular complexity index is 664. The van der Waals surface area contributed by atoms with Gasteiger partial charge in [-0.05, 0) is 56.1 Å². The van der Waals surface area contributed by atoms with Gasteiger partial charge >= 0.3 is 0 Å². The average molecular weight is 338 g/mol. The van der Waals surface area contributed by atoms with Crippen LogP contribution in [0.15, 0.2) is 54.6 Å². The van der Waals surface area contributed by atoms with E-state index >= 15 is 0 Å². The fourth-order valence-electron chi connectivity index (χ4n) is 3.15. The number of benzene rings is 2. The first kappa shape index (κ1) is 17.5. The summed E-state index contributed by atoms with van der Waals surface area (Å²) in [6.45, 7) is 5.17. The lowest BCUT2D eigenvalue weighted by Gasteiger charge is -2.23. The zero-order valence-electron chi connectivity index (χ0n) is 14.8. The zero-order valence-corrected chi connectivity index (χ0v) is 14.8. The van der Waals surface area contributed by atoms with Crippen molar-refractivity contribution in [1.29, 1.82) is 0 Å². The van der Waals surface area contributed by atoms with Crippen LogP contribution in [0.25, 0.3) is 11.1 Å². The van der Waals surface area contributed by atoms with Crippen molar-refractivity contribution < 1.29 is 9.53 Å². The van der Waals surface area contributed by atoms with Gasteiger partial charge in [0.25, 0.3) is 5.91 Å². The predicted octanol–water partition coefficient (Wildman–Crippen LogP) is 3.33. The predicted molar refractivity (Wildman–Crippen MR) is 101 cm³/mol. The van der Waals surface area contributed by atoms with Crippen LogP contribution in [0.5, 0.6) is 5.75 Å². The van der Waals surface area contributed by atoms with Crippen LogP contribution in [0.4, 0.5) is 0 Å². The van der Waals surface area contributed by atoms with Crippen molar-refractivity contribution in [3.8, 4) is 16.9 Å². The van der Waals surface area contributed by atoms with Crippen LogP contribution in [-0.4, -0.2) is 43.1 Å². The van der Waals surface area contributed by atoms with Gasteiger partial charge in [0.2, 0.25) is 0 Å². The maximum Gasteiger partial charge on any atom is 0.257 e. The molecule has 1 N–H and O–H groups in total. The smallest absolute Gasteiger partial charge is 0.257 e. The highest BCUT2D eigenvalue weighted by atomic mass is 16.5. The monoisotopic (exact) mass is 338 g/mol. The SMILES string of the molecule is CC(CNC(=O)COc1ccc(-c2ccccc2)cc1)N1CCCC1. The summed E-state index contributed by atoms with van der Waals surface area (Å²) in [5.74, 6) is 0.639. The summed E-state index contributed by atoms with van der Waals surface area (Å²) < 4.78 is 5.59. The topological polar surface area (TPSA) is 41.6 Å². The molecule has 1 unspecified atom stereocenters. The number of carbonyl (C=O) groups excluding carboxylic acids is 1. The Labute approximate surface area is 149 Å². The van der Waals surface area contributed by atoms with Crippen molar-refractivity contribution in [2.45, 2.75) is 25.8 Å². The van der Waals surface area contributed by atoms with Crippen molar-refractivity contribution in [2.24, 2.45) is 0 Å². The summed E-state index contributed by atoms with van der Waals surface area (Å²) in [7, 11) is 0. The third-order valence-electron chi connectivity index (χ3n) is 4.69. The Hall–Kier alpha value is -2.33. The van der Waals surface area contributed by atoms with Crippen molar-refractivity contribution in [2.75, 3.05) is 26.2 Å². The summed E-state index contributed by atoms with van der Waals surface area (Å²) in [5, 5.41) is 2.96. The molecule has 0 saturated carbocycles. The van der Waals surface area contributed by atoms with Crippen LogP contribution >= 0.6 is 0 Å². The van der Waals surface area contributed by atoms with Gasteiger partial charge in [-0.1, -0.05) is 42.5 Å². The van der Waals surface area contributed by atoms with Crippen molar-refractivity contribution in [1.82, 2.24) is 10.2 Å². The van der Waals surface area contributed by atoms with Gasteiger partial charge in [-0.25, -0.2) is 0 Å². The molecule has 25 heavy (non-hydrogen) atoms. The Kier molecular flexibility index (Phi) is 6.07. The number of nitrogens with zero attached hydrogens (tertiary/aromatic N) is 1. The minimum atomic E-state index is -0.0711. The van der Waals surface area contributed by atoms with E-state index in [2.05, 4.69) is 29.3 Å². The molecule has 0 radical (unpaired) electrons. The number of carbonyl (C=O) groups is 1. The third kappa shape index (κ3) is 5.07. The average Bonchev–Trinajstić information content (AvgIpc) is 3.20. The van der Waals surface area contributed by atoms with Crippen LogP contribution in [0.3, 0.4) is 0 Å². The molecule has 132 valence electrons. The molecule has 4 nitrogen and oxygen atoms in total. The Morgan fingerprint density at radius 2 is 1.68 bits per heavy atom. The fraction of sp³-hybridized carbons (Fsp3) is 0.381. The van der Waals surface area contributed by atoms with Gasteiger partial charge in [0.05, 0.1) is 0 Å². The number of amides is 1. The first-order chi connectivity index (χ1) is 12.2. The van der Waals surface area contributed by atoms with Crippen LogP contribution in [0.1, 0.15) is 19.8 Å². The summed E-state index contributed by atoms with van der Waals surface area (Å²) in [6.07, 6.45) is 2.53. The lowest BCUT2D eigenvalue weighted by Crippen LogP contribution is -2.42. The summed E-state index contributed by atoms with van der Waals surface area (Å²) in [4.78, 5) is 14.4. The Morgan fingerprint density at radius 1 is 1.04 bits per heavy atom. The highest BCUT2D eigenvalue weighted by Crippen LogP contribution is 2.21. The molecule has 1 fully saturated rings. The molecule has 2 aromatic rings. The van der Waals surface area contributed by atoms with Crippen molar-refractivity contribution in [3.05, 3.63) is 54.6 Å². The Balaban J connectivity index is 1.42. The van der Waals surface area contributed by atoms with E-state index in [0.29, 0.717) is 18.3 Å². The molecule has 0 aliphatic carbocycles. The molecule has 1 atom stereocenters. The van der Waals surface area contributed by atoms with E-state index in [1.165, 1.54) is 18.4 Å². The molecule has 2 aromatic carbocycles. The van der Waals surface area contributed by atoms with Gasteiger partial charge in [0, 0.05) is 12.6 Å². The van der Waals surface area contributed by atoms with Gasteiger partial charge in [-0.3, -0.25) is 9.69 Å². The number of hydrogen-bond acceptors (Lipinski definition) is 3. The lowest BCUT2D eigenvalue weighted by atomic mass is 10.1. The Morgan fingerprint density at radius 3 is 2.36 bits per heavy atom. The minimum Gasteiger partial charge on any atom is -0.484 e. The number of ether oxygens (including phenoxy) is 1. The second-order valence-corrected chi connectivity index (χ2v) is 6.58. The number of likely N-dealkylation sites (tertiary alicyclic amines) is 1. The maximum atomic E-state index is 12.0. The number of nitrogens with one attached hydrogen (secondary N) is 1. The van der Waals surface area contributed by atoms with Crippen molar-refractivity contribution in [3.63, 3.8) is 0 Å². The van der Waals surface area contributed by atoms with E-state index in [0.717, 1.165) is 18.7 Å². The second kappa shape index (κ2) is 8.67. The molecular weight excluding hydrogens is 312 g/mol. The molecule has 1 aliphatic rings. The van der Waals surface area contributed by atoms with Crippen LogP contribution in [0, 0.1) is 0 Å². The van der Waals surface area contributed by atoms with E-state index in [1.807, 2.05) is 42.5 Å². The zero-order chi connectivity index (χ0) is 17.5. The van der Waals surface area contributed by atoms with Gasteiger partial charge in [-0.15, -0.1) is 0 Å². The van der Waals surface area contributed by atoms with Gasteiger partial charge < -0.3 is 10.1 Å². The molecule has 1 aliphatic heterocycles. The molecule has 0 aromatic heterocycles. The van der Waals surface area contributed by atoms with E-state index in [9.17, 15) is 4.79 Å². The molecule has 1 heterocycles. The largest absolute Gasteiger partial charge is 0.484 e. The second-order valence-electron chi connectivity index (χ2n) is 6.58. The van der Waals surface area contributed by atoms with Gasteiger partial charge in [-0.2, -0.15) is 0 Å². The van der Waals surface area contributed by atoms with Gasteiger partial charge in [0.15, 0.2) is 6.61 Å². The molecule has 3 rings (SSSR count). The first-order valence-electron chi connectivity index (χ1n) is 9.01. The number of rotatable bonds is 7. The van der Waals surface area contributed by atoms with Crippen LogP contribution in [-0.2, 0) is 4.79 Å². The molecule has 0 bridgehead atoms. The lowest BCUT2D eigenvalue weighted by molar-refractivity contribution is -0.123. The third-order valence-corrected chi connectivity index (χ3v) is 4.69. The van der Waals surface area contributed by atoms with E-state index < -0.39 is 0 Å². The minimum absolute atomic E-state index is 0.0530. The number of hydrogen-bond donors (Lipinski definition) is 1. The quantitative estimate of drug-likeness (QED) is 0.842. The van der Waals surface area contributed by atoms with E-state index in [-0.39, 0.29) is 12.5 Å². The maximum absolute atomic E-state index is 12.0. The standard InChI is InChI=1S/C21H26N2O2/c1-17(23-13-5-6-14-23)15-22-21(24)16-25-20-11-9-19(10-12-20)18-7-3-2-4-8-18/h2-4,7-12,17H,5-6,13-16H2,1H3,(H,22,24). The van der Waals surface area contributed by atoms with Gasteiger partial charge in [0.1, 0.15) is 5.75 Å². The molecule has 1 saturated heterocycles. The summed E-state index contributed by atoms with van der Waals surface area (Å²) in [6, 6.07) is 18.4. The highest BCUT2D eigenvalue weighted by Gasteiger charge is 2.18.